The molecule has 14 heteroatoms. The number of hydrogen-bond acceptors (Lipinski definition) is 8. The van der Waals surface area contributed by atoms with Gasteiger partial charge in [0.1, 0.15) is 18.6 Å². The highest BCUT2D eigenvalue weighted by molar-refractivity contribution is 7.98. The lowest BCUT2D eigenvalue weighted by atomic mass is 10.1. The lowest BCUT2D eigenvalue weighted by molar-refractivity contribution is -0.140. The lowest BCUT2D eigenvalue weighted by Gasteiger charge is -2.23. The van der Waals surface area contributed by atoms with Crippen LogP contribution in [-0.4, -0.2) is 82.5 Å². The van der Waals surface area contributed by atoms with Crippen molar-refractivity contribution in [1.29, 1.82) is 0 Å². The molecular formula is C17H29N5O8S. The van der Waals surface area contributed by atoms with Gasteiger partial charge in [-0.2, -0.15) is 11.8 Å². The van der Waals surface area contributed by atoms with E-state index in [-0.39, 0.29) is 19.3 Å². The van der Waals surface area contributed by atoms with Crippen LogP contribution in [0.3, 0.4) is 0 Å². The Balaban J connectivity index is 5.31. The summed E-state index contributed by atoms with van der Waals surface area (Å²) in [6, 6.07) is -3.54. The molecule has 13 nitrogen and oxygen atoms in total. The van der Waals surface area contributed by atoms with Crippen LogP contribution >= 0.6 is 11.8 Å². The van der Waals surface area contributed by atoms with Crippen LogP contribution in [0.5, 0.6) is 0 Å². The number of carbonyl (C=O) groups excluding carboxylic acids is 4. The normalized spacial score (nSPS) is 13.4. The van der Waals surface area contributed by atoms with E-state index in [1.165, 1.54) is 11.8 Å². The number of carboxylic acid groups (broad SMARTS) is 2. The highest BCUT2D eigenvalue weighted by Gasteiger charge is 2.28. The zero-order chi connectivity index (χ0) is 24.0. The van der Waals surface area contributed by atoms with Crippen LogP contribution in [0, 0.1) is 0 Å². The molecule has 3 unspecified atom stereocenters. The van der Waals surface area contributed by atoms with Gasteiger partial charge in [-0.3, -0.25) is 28.8 Å². The molecule has 0 saturated carbocycles. The summed E-state index contributed by atoms with van der Waals surface area (Å²) in [7, 11) is 0. The molecule has 0 rings (SSSR count). The van der Waals surface area contributed by atoms with Gasteiger partial charge >= 0.3 is 11.9 Å². The Morgan fingerprint density at radius 3 is 1.90 bits per heavy atom. The third-order valence-electron chi connectivity index (χ3n) is 3.98. The first-order valence-corrected chi connectivity index (χ1v) is 10.7. The Labute approximate surface area is 183 Å². The molecule has 0 aliphatic rings. The third kappa shape index (κ3) is 13.1. The molecule has 0 spiro atoms. The fourth-order valence-corrected chi connectivity index (χ4v) is 2.79. The molecule has 0 aromatic rings. The number of carboxylic acids is 2. The maximum Gasteiger partial charge on any atom is 0.322 e. The minimum absolute atomic E-state index is 0.176. The minimum atomic E-state index is -1.37. The number of carbonyl (C=O) groups is 6. The number of thioether (sulfide) groups is 1. The van der Waals surface area contributed by atoms with Crippen molar-refractivity contribution in [2.45, 2.75) is 50.2 Å². The number of nitrogens with one attached hydrogen (secondary N) is 3. The molecule has 0 aliphatic carbocycles. The average molecular weight is 464 g/mol. The molecule has 0 fully saturated rings. The molecule has 3 atom stereocenters. The molecule has 0 aromatic heterocycles. The molecule has 31 heavy (non-hydrogen) atoms. The predicted octanol–water partition coefficient (Wildman–Crippen LogP) is -2.63. The topological polar surface area (TPSA) is 231 Å². The maximum absolute atomic E-state index is 12.7. The van der Waals surface area contributed by atoms with Crippen LogP contribution < -0.4 is 27.4 Å². The van der Waals surface area contributed by atoms with Crippen molar-refractivity contribution in [3.63, 3.8) is 0 Å². The molecule has 4 amide bonds. The monoisotopic (exact) mass is 463 g/mol. The van der Waals surface area contributed by atoms with Gasteiger partial charge < -0.3 is 37.6 Å². The summed E-state index contributed by atoms with van der Waals surface area (Å²) < 4.78 is 0. The number of amides is 4. The van der Waals surface area contributed by atoms with Crippen molar-refractivity contribution in [1.82, 2.24) is 16.0 Å². The van der Waals surface area contributed by atoms with Crippen molar-refractivity contribution < 1.29 is 39.0 Å². The Kier molecular flexibility index (Phi) is 13.6. The minimum Gasteiger partial charge on any atom is -0.481 e. The van der Waals surface area contributed by atoms with Crippen molar-refractivity contribution in [2.75, 3.05) is 18.6 Å². The Morgan fingerprint density at radius 2 is 1.39 bits per heavy atom. The maximum atomic E-state index is 12.7. The van der Waals surface area contributed by atoms with Crippen LogP contribution in [0.25, 0.3) is 0 Å². The summed E-state index contributed by atoms with van der Waals surface area (Å²) in [5.41, 5.74) is 10.9. The molecule has 0 saturated heterocycles. The summed E-state index contributed by atoms with van der Waals surface area (Å²) in [4.78, 5) is 69.7. The van der Waals surface area contributed by atoms with Crippen LogP contribution in [0.1, 0.15) is 32.1 Å². The second-order valence-electron chi connectivity index (χ2n) is 6.56. The standard InChI is InChI=1S/C17H29N5O8S/c1-31-7-6-9(18)15(28)21-11(2-4-12(19)23)17(30)22-10(3-5-13(24)25)16(29)20-8-14(26)27/h9-11H,2-8,18H2,1H3,(H2,19,23)(H,20,29)(H,21,28)(H,22,30)(H,24,25)(H,26,27). The second-order valence-corrected chi connectivity index (χ2v) is 7.54. The van der Waals surface area contributed by atoms with Crippen molar-refractivity contribution in [3.8, 4) is 0 Å². The van der Waals surface area contributed by atoms with Gasteiger partial charge in [-0.15, -0.1) is 0 Å². The summed E-state index contributed by atoms with van der Waals surface area (Å²) in [6.07, 6.45) is 0.948. The first-order valence-electron chi connectivity index (χ1n) is 9.32. The zero-order valence-corrected chi connectivity index (χ0v) is 17.9. The van der Waals surface area contributed by atoms with Crippen LogP contribution in [0.4, 0.5) is 0 Å². The first kappa shape index (κ1) is 28.1. The van der Waals surface area contributed by atoms with E-state index in [0.717, 1.165) is 0 Å². The van der Waals surface area contributed by atoms with E-state index < -0.39 is 66.7 Å². The van der Waals surface area contributed by atoms with Crippen molar-refractivity contribution >= 4 is 47.3 Å². The largest absolute Gasteiger partial charge is 0.481 e. The summed E-state index contributed by atoms with van der Waals surface area (Å²) >= 11 is 1.48. The van der Waals surface area contributed by atoms with Crippen LogP contribution in [0.2, 0.25) is 0 Å². The van der Waals surface area contributed by atoms with E-state index in [4.69, 9.17) is 21.7 Å². The molecule has 0 aromatic carbocycles. The van der Waals surface area contributed by atoms with Gasteiger partial charge in [0.25, 0.3) is 0 Å². The fourth-order valence-electron chi connectivity index (χ4n) is 2.30. The smallest absolute Gasteiger partial charge is 0.322 e. The van der Waals surface area contributed by atoms with E-state index in [1.54, 1.807) is 0 Å². The fraction of sp³-hybridized carbons (Fsp3) is 0.647. The molecule has 0 aliphatic heterocycles. The molecule has 0 heterocycles. The second kappa shape index (κ2) is 15.0. The van der Waals surface area contributed by atoms with Crippen molar-refractivity contribution in [2.24, 2.45) is 11.5 Å². The number of hydrogen-bond donors (Lipinski definition) is 7. The van der Waals surface area contributed by atoms with Gasteiger partial charge in [-0.1, -0.05) is 0 Å². The third-order valence-corrected chi connectivity index (χ3v) is 4.62. The molecule has 0 bridgehead atoms. The summed E-state index contributed by atoms with van der Waals surface area (Å²) in [5.74, 6) is -5.10. The summed E-state index contributed by atoms with van der Waals surface area (Å²) in [6.45, 7) is -0.732. The first-order chi connectivity index (χ1) is 14.5. The highest BCUT2D eigenvalue weighted by atomic mass is 32.2. The van der Waals surface area contributed by atoms with E-state index in [0.29, 0.717) is 12.2 Å². The Hall–Kier alpha value is -2.87. The summed E-state index contributed by atoms with van der Waals surface area (Å²) in [5, 5.41) is 24.3. The van der Waals surface area contributed by atoms with E-state index in [1.807, 2.05) is 6.26 Å². The van der Waals surface area contributed by atoms with Crippen molar-refractivity contribution in [3.05, 3.63) is 0 Å². The molecule has 0 radical (unpaired) electrons. The highest BCUT2D eigenvalue weighted by Crippen LogP contribution is 2.05. The van der Waals surface area contributed by atoms with Gasteiger partial charge in [-0.05, 0) is 31.3 Å². The zero-order valence-electron chi connectivity index (χ0n) is 17.1. The SMILES string of the molecule is CSCCC(N)C(=O)NC(CCC(N)=O)C(=O)NC(CCC(=O)O)C(=O)NCC(=O)O. The van der Waals surface area contributed by atoms with E-state index in [9.17, 15) is 28.8 Å². The van der Waals surface area contributed by atoms with Gasteiger partial charge in [0.05, 0.1) is 6.04 Å². The quantitative estimate of drug-likeness (QED) is 0.126. The van der Waals surface area contributed by atoms with Crippen LogP contribution in [-0.2, 0) is 28.8 Å². The lowest BCUT2D eigenvalue weighted by Crippen LogP contribution is -2.56. The number of rotatable bonds is 16. The number of nitrogens with two attached hydrogens (primary N) is 2. The van der Waals surface area contributed by atoms with E-state index >= 15 is 0 Å². The van der Waals surface area contributed by atoms with Gasteiger partial charge in [0, 0.05) is 12.8 Å². The number of primary amides is 1. The van der Waals surface area contributed by atoms with Crippen LogP contribution in [0.15, 0.2) is 0 Å². The molecule has 9 N–H and O–H groups in total. The molecule has 176 valence electrons. The average Bonchev–Trinajstić information content (AvgIpc) is 2.69. The Morgan fingerprint density at radius 1 is 0.839 bits per heavy atom. The molecular weight excluding hydrogens is 434 g/mol. The van der Waals surface area contributed by atoms with E-state index in [2.05, 4.69) is 16.0 Å². The Bertz CT molecular complexity index is 675. The van der Waals surface area contributed by atoms with Gasteiger partial charge in [0.2, 0.25) is 23.6 Å². The van der Waals surface area contributed by atoms with Gasteiger partial charge in [0.15, 0.2) is 0 Å². The predicted molar refractivity (Wildman–Crippen MR) is 111 cm³/mol. The number of aliphatic carboxylic acids is 2. The van der Waals surface area contributed by atoms with Gasteiger partial charge in [-0.25, -0.2) is 0 Å².